The van der Waals surface area contributed by atoms with E-state index >= 15 is 0 Å². The number of hydrogen-bond acceptors (Lipinski definition) is 7. The normalized spacial score (nSPS) is 12.4. The van der Waals surface area contributed by atoms with Gasteiger partial charge in [-0.1, -0.05) is 34.8 Å². The minimum atomic E-state index is -0.0523. The van der Waals surface area contributed by atoms with Crippen molar-refractivity contribution in [2.75, 3.05) is 0 Å². The highest BCUT2D eigenvalue weighted by Crippen LogP contribution is 2.24. The van der Waals surface area contributed by atoms with Gasteiger partial charge in [0, 0.05) is 22.7 Å². The van der Waals surface area contributed by atoms with Crippen molar-refractivity contribution in [3.8, 4) is 11.3 Å². The molecule has 3 rings (SSSR count). The van der Waals surface area contributed by atoms with Crippen molar-refractivity contribution in [2.45, 2.75) is 12.5 Å². The highest BCUT2D eigenvalue weighted by Gasteiger charge is 2.15. The molecule has 2 aromatic heterocycles. The van der Waals surface area contributed by atoms with Crippen LogP contribution in [-0.4, -0.2) is 14.6 Å². The summed E-state index contributed by atoms with van der Waals surface area (Å²) in [5, 5.41) is 9.05. The monoisotopic (exact) mass is 303 g/mol. The number of nitrogens with zero attached hydrogens (tertiary/aromatic N) is 3. The van der Waals surface area contributed by atoms with Crippen LogP contribution in [0.4, 0.5) is 0 Å². The first kappa shape index (κ1) is 13.3. The highest BCUT2D eigenvalue weighted by atomic mass is 32.1. The first-order valence-electron chi connectivity index (χ1n) is 6.09. The second-order valence-corrected chi connectivity index (χ2v) is 5.80. The molecule has 0 aliphatic carbocycles. The van der Waals surface area contributed by atoms with E-state index in [0.717, 1.165) is 22.0 Å². The van der Waals surface area contributed by atoms with Crippen LogP contribution in [0.1, 0.15) is 16.7 Å². The van der Waals surface area contributed by atoms with Crippen LogP contribution in [-0.2, 0) is 6.42 Å². The molecule has 20 heavy (non-hydrogen) atoms. The molecule has 3 N–H and O–H groups in total. The molecular weight excluding hydrogens is 290 g/mol. The van der Waals surface area contributed by atoms with Gasteiger partial charge in [-0.25, -0.2) is 4.98 Å². The number of rotatable bonds is 5. The molecule has 1 aromatic carbocycles. The summed E-state index contributed by atoms with van der Waals surface area (Å²) in [6.45, 7) is 0. The first-order valence-corrected chi connectivity index (χ1v) is 7.81. The molecule has 0 saturated heterocycles. The molecule has 0 fully saturated rings. The third kappa shape index (κ3) is 2.91. The minimum absolute atomic E-state index is 0.0523. The van der Waals surface area contributed by atoms with Gasteiger partial charge in [0.15, 0.2) is 0 Å². The second-order valence-electron chi connectivity index (χ2n) is 4.25. The fraction of sp³-hybridized carbons (Fsp3) is 0.154. The summed E-state index contributed by atoms with van der Waals surface area (Å²) in [5.41, 5.74) is 5.75. The standard InChI is InChI=1S/C13H13N5S2/c14-16-10(12-8-20-18-17-12)6-13-15-11(7-19-13)9-4-2-1-3-5-9/h1-5,7-8,10,16H,6,14H2. The van der Waals surface area contributed by atoms with E-state index in [9.17, 15) is 0 Å². The SMILES string of the molecule is NNC(Cc1nc(-c2ccccc2)cs1)c1csnn1. The van der Waals surface area contributed by atoms with Crippen molar-refractivity contribution < 1.29 is 0 Å². The van der Waals surface area contributed by atoms with E-state index in [-0.39, 0.29) is 6.04 Å². The Bertz CT molecular complexity index is 650. The van der Waals surface area contributed by atoms with E-state index in [0.29, 0.717) is 6.42 Å². The number of hydrogen-bond donors (Lipinski definition) is 2. The molecule has 5 nitrogen and oxygen atoms in total. The van der Waals surface area contributed by atoms with Gasteiger partial charge in [0.2, 0.25) is 0 Å². The van der Waals surface area contributed by atoms with Gasteiger partial charge >= 0.3 is 0 Å². The van der Waals surface area contributed by atoms with Crippen molar-refractivity contribution in [2.24, 2.45) is 5.84 Å². The van der Waals surface area contributed by atoms with Gasteiger partial charge in [0.05, 0.1) is 22.4 Å². The smallest absolute Gasteiger partial charge is 0.0952 e. The average Bonchev–Trinajstić information content (AvgIpc) is 3.17. The third-order valence-corrected chi connectivity index (χ3v) is 4.33. The molecule has 0 aliphatic heterocycles. The maximum atomic E-state index is 5.59. The van der Waals surface area contributed by atoms with Gasteiger partial charge < -0.3 is 0 Å². The summed E-state index contributed by atoms with van der Waals surface area (Å²) in [6.07, 6.45) is 0.708. The van der Waals surface area contributed by atoms with Crippen LogP contribution in [0.3, 0.4) is 0 Å². The largest absolute Gasteiger partial charge is 0.271 e. The molecular formula is C13H13N5S2. The molecule has 1 unspecified atom stereocenters. The lowest BCUT2D eigenvalue weighted by molar-refractivity contribution is 0.536. The quantitative estimate of drug-likeness (QED) is 0.559. The Labute approximate surface area is 124 Å². The lowest BCUT2D eigenvalue weighted by Crippen LogP contribution is -2.29. The topological polar surface area (TPSA) is 76.7 Å². The van der Waals surface area contributed by atoms with E-state index in [2.05, 4.69) is 37.5 Å². The van der Waals surface area contributed by atoms with Crippen LogP contribution in [0.25, 0.3) is 11.3 Å². The molecule has 3 aromatic rings. The summed E-state index contributed by atoms with van der Waals surface area (Å²) < 4.78 is 3.86. The Morgan fingerprint density at radius 3 is 2.75 bits per heavy atom. The first-order chi connectivity index (χ1) is 9.86. The van der Waals surface area contributed by atoms with Crippen LogP contribution < -0.4 is 11.3 Å². The van der Waals surface area contributed by atoms with Crippen molar-refractivity contribution in [1.29, 1.82) is 0 Å². The van der Waals surface area contributed by atoms with Crippen LogP contribution >= 0.6 is 22.9 Å². The molecule has 2 heterocycles. The van der Waals surface area contributed by atoms with Gasteiger partial charge in [-0.05, 0) is 11.5 Å². The number of hydrazine groups is 1. The lowest BCUT2D eigenvalue weighted by Gasteiger charge is -2.10. The zero-order chi connectivity index (χ0) is 13.8. The van der Waals surface area contributed by atoms with Crippen LogP contribution in [0.5, 0.6) is 0 Å². The molecule has 102 valence electrons. The minimum Gasteiger partial charge on any atom is -0.271 e. The Hall–Kier alpha value is -1.67. The predicted octanol–water partition coefficient (Wildman–Crippen LogP) is 2.41. The molecule has 0 spiro atoms. The van der Waals surface area contributed by atoms with Crippen molar-refractivity contribution in [3.05, 3.63) is 51.8 Å². The molecule has 0 radical (unpaired) electrons. The summed E-state index contributed by atoms with van der Waals surface area (Å²) in [6, 6.07) is 10.1. The summed E-state index contributed by atoms with van der Waals surface area (Å²) >= 11 is 2.96. The number of thiazole rings is 1. The second kappa shape index (κ2) is 6.19. The average molecular weight is 303 g/mol. The van der Waals surface area contributed by atoms with Crippen LogP contribution in [0.15, 0.2) is 41.1 Å². The Morgan fingerprint density at radius 1 is 1.20 bits per heavy atom. The Balaban J connectivity index is 1.77. The maximum absolute atomic E-state index is 5.59. The summed E-state index contributed by atoms with van der Waals surface area (Å²) in [4.78, 5) is 4.66. The molecule has 0 bridgehead atoms. The maximum Gasteiger partial charge on any atom is 0.0952 e. The van der Waals surface area contributed by atoms with Gasteiger partial charge in [0.1, 0.15) is 0 Å². The Kier molecular flexibility index (Phi) is 4.12. The van der Waals surface area contributed by atoms with Gasteiger partial charge in [-0.2, -0.15) is 0 Å². The molecule has 0 aliphatic rings. The van der Waals surface area contributed by atoms with Crippen molar-refractivity contribution >= 4 is 22.9 Å². The number of benzene rings is 1. The van der Waals surface area contributed by atoms with E-state index in [1.807, 2.05) is 23.6 Å². The predicted molar refractivity (Wildman–Crippen MR) is 81.2 cm³/mol. The highest BCUT2D eigenvalue weighted by molar-refractivity contribution is 7.10. The number of nitrogens with one attached hydrogen (secondary N) is 1. The number of nitrogens with two attached hydrogens (primary N) is 1. The van der Waals surface area contributed by atoms with E-state index in [1.54, 1.807) is 11.3 Å². The zero-order valence-corrected chi connectivity index (χ0v) is 12.2. The van der Waals surface area contributed by atoms with Crippen LogP contribution in [0.2, 0.25) is 0 Å². The zero-order valence-electron chi connectivity index (χ0n) is 10.6. The molecule has 7 heteroatoms. The summed E-state index contributed by atoms with van der Waals surface area (Å²) in [5.74, 6) is 5.59. The Morgan fingerprint density at radius 2 is 2.05 bits per heavy atom. The van der Waals surface area contributed by atoms with Crippen molar-refractivity contribution in [1.82, 2.24) is 20.0 Å². The fourth-order valence-electron chi connectivity index (χ4n) is 1.89. The van der Waals surface area contributed by atoms with E-state index in [4.69, 9.17) is 5.84 Å². The number of aromatic nitrogens is 3. The van der Waals surface area contributed by atoms with E-state index in [1.165, 1.54) is 11.5 Å². The molecule has 1 atom stereocenters. The van der Waals surface area contributed by atoms with Crippen LogP contribution in [0, 0.1) is 0 Å². The van der Waals surface area contributed by atoms with Gasteiger partial charge in [-0.15, -0.1) is 16.4 Å². The van der Waals surface area contributed by atoms with E-state index < -0.39 is 0 Å². The van der Waals surface area contributed by atoms with Crippen molar-refractivity contribution in [3.63, 3.8) is 0 Å². The molecule has 0 amide bonds. The summed E-state index contributed by atoms with van der Waals surface area (Å²) in [7, 11) is 0. The van der Waals surface area contributed by atoms with Gasteiger partial charge in [-0.3, -0.25) is 11.3 Å². The third-order valence-electron chi connectivity index (χ3n) is 2.94. The van der Waals surface area contributed by atoms with Gasteiger partial charge in [0.25, 0.3) is 0 Å². The lowest BCUT2D eigenvalue weighted by atomic mass is 10.1. The molecule has 0 saturated carbocycles. The fourth-order valence-corrected chi connectivity index (χ4v) is 3.25.